The van der Waals surface area contributed by atoms with Gasteiger partial charge in [0.15, 0.2) is 0 Å². The summed E-state index contributed by atoms with van der Waals surface area (Å²) in [7, 11) is 0. The molecule has 0 aromatic carbocycles. The number of hydrogen-bond acceptors (Lipinski definition) is 1. The van der Waals surface area contributed by atoms with E-state index >= 15 is 0 Å². The number of hydrogen-bond donors (Lipinski definition) is 1. The van der Waals surface area contributed by atoms with Gasteiger partial charge in [0.25, 0.3) is 0 Å². The largest absolute Gasteiger partial charge is 0.392 e. The second-order valence-electron chi connectivity index (χ2n) is 4.04. The van der Waals surface area contributed by atoms with Crippen LogP contribution in [-0.4, -0.2) is 12.2 Å². The molecule has 3 aliphatic rings. The maximum atomic E-state index is 12.3. The van der Waals surface area contributed by atoms with Crippen molar-refractivity contribution in [3.8, 4) is 0 Å². The average Bonchev–Trinajstić information content (AvgIpc) is 1.81. The molecule has 3 aliphatic carbocycles. The average molecular weight is 179 g/mol. The van der Waals surface area contributed by atoms with Crippen LogP contribution in [-0.2, 0) is 0 Å². The van der Waals surface area contributed by atoms with Crippen molar-refractivity contribution in [1.29, 1.82) is 0 Å². The lowest BCUT2D eigenvalue weighted by molar-refractivity contribution is -0.218. The number of halogens is 3. The number of alkyl halides is 3. The Labute approximate surface area is 69.1 Å². The van der Waals surface area contributed by atoms with Crippen molar-refractivity contribution in [1.82, 2.24) is 0 Å². The lowest BCUT2D eigenvalue weighted by Crippen LogP contribution is -2.53. The molecule has 3 fully saturated rings. The molecule has 0 aliphatic heterocycles. The van der Waals surface area contributed by atoms with E-state index in [1.165, 1.54) is 0 Å². The Morgan fingerprint density at radius 2 is 1.58 bits per heavy atom. The van der Waals surface area contributed by atoms with E-state index in [1.807, 2.05) is 0 Å². The third-order valence-corrected chi connectivity index (χ3v) is 3.33. The highest BCUT2D eigenvalue weighted by Crippen LogP contribution is 2.53. The molecular formula is C8H12F3N. The van der Waals surface area contributed by atoms with E-state index in [-0.39, 0.29) is 18.4 Å². The highest BCUT2D eigenvalue weighted by molar-refractivity contribution is 4.99. The smallest absolute Gasteiger partial charge is 0.327 e. The van der Waals surface area contributed by atoms with E-state index in [0.717, 1.165) is 0 Å². The van der Waals surface area contributed by atoms with Crippen LogP contribution in [0.3, 0.4) is 0 Å². The molecule has 0 spiro atoms. The first kappa shape index (κ1) is 8.35. The molecule has 12 heavy (non-hydrogen) atoms. The monoisotopic (exact) mass is 179 g/mol. The zero-order valence-corrected chi connectivity index (χ0v) is 6.64. The van der Waals surface area contributed by atoms with Crippen LogP contribution in [0, 0.1) is 17.8 Å². The quantitative estimate of drug-likeness (QED) is 0.604. The summed E-state index contributed by atoms with van der Waals surface area (Å²) < 4.78 is 37.0. The van der Waals surface area contributed by atoms with Crippen molar-refractivity contribution < 1.29 is 13.2 Å². The summed E-state index contributed by atoms with van der Waals surface area (Å²) in [5.74, 6) is -0.846. The van der Waals surface area contributed by atoms with E-state index in [0.29, 0.717) is 18.8 Å². The Bertz CT molecular complexity index is 183. The van der Waals surface area contributed by atoms with Crippen molar-refractivity contribution in [2.75, 3.05) is 0 Å². The predicted octanol–water partition coefficient (Wildman–Crippen LogP) is 1.92. The van der Waals surface area contributed by atoms with E-state index in [4.69, 9.17) is 5.73 Å². The lowest BCUT2D eigenvalue weighted by Gasteiger charge is -2.50. The Morgan fingerprint density at radius 3 is 1.92 bits per heavy atom. The SMILES string of the molecule is NC1CC(C(F)(F)F)C2CC1C2. The first-order valence-electron chi connectivity index (χ1n) is 4.31. The molecule has 2 atom stereocenters. The van der Waals surface area contributed by atoms with E-state index in [2.05, 4.69) is 0 Å². The van der Waals surface area contributed by atoms with Crippen molar-refractivity contribution in [3.05, 3.63) is 0 Å². The fourth-order valence-corrected chi connectivity index (χ4v) is 2.47. The topological polar surface area (TPSA) is 26.0 Å². The molecule has 2 N–H and O–H groups in total. The summed E-state index contributed by atoms with van der Waals surface area (Å²) >= 11 is 0. The molecule has 2 bridgehead atoms. The normalized spacial score (nSPS) is 47.0. The minimum absolute atomic E-state index is 0.116. The van der Waals surface area contributed by atoms with Gasteiger partial charge in [0.05, 0.1) is 5.92 Å². The van der Waals surface area contributed by atoms with Crippen LogP contribution in [0.2, 0.25) is 0 Å². The van der Waals surface area contributed by atoms with Crippen LogP contribution >= 0.6 is 0 Å². The molecule has 2 unspecified atom stereocenters. The highest BCUT2D eigenvalue weighted by Gasteiger charge is 2.54. The molecule has 0 aromatic heterocycles. The van der Waals surface area contributed by atoms with E-state index < -0.39 is 12.1 Å². The third kappa shape index (κ3) is 1.13. The Balaban J connectivity index is 2.07. The summed E-state index contributed by atoms with van der Waals surface area (Å²) in [6.07, 6.45) is -2.47. The zero-order valence-electron chi connectivity index (χ0n) is 6.64. The molecule has 0 saturated heterocycles. The predicted molar refractivity (Wildman–Crippen MR) is 38.4 cm³/mol. The molecule has 0 aromatic rings. The minimum atomic E-state index is -4.02. The van der Waals surface area contributed by atoms with Crippen molar-refractivity contribution >= 4 is 0 Å². The van der Waals surface area contributed by atoms with Crippen LogP contribution in [0.25, 0.3) is 0 Å². The van der Waals surface area contributed by atoms with Crippen molar-refractivity contribution in [3.63, 3.8) is 0 Å². The second-order valence-corrected chi connectivity index (χ2v) is 4.04. The van der Waals surface area contributed by atoms with Gasteiger partial charge in [-0.25, -0.2) is 0 Å². The van der Waals surface area contributed by atoms with Gasteiger partial charge in [-0.1, -0.05) is 0 Å². The van der Waals surface area contributed by atoms with E-state index in [1.54, 1.807) is 0 Å². The van der Waals surface area contributed by atoms with Crippen LogP contribution in [0.15, 0.2) is 0 Å². The van der Waals surface area contributed by atoms with Crippen LogP contribution in [0.5, 0.6) is 0 Å². The first-order chi connectivity index (χ1) is 5.48. The van der Waals surface area contributed by atoms with Crippen molar-refractivity contribution in [2.24, 2.45) is 23.5 Å². The summed E-state index contributed by atoms with van der Waals surface area (Å²) in [5.41, 5.74) is 5.60. The molecular weight excluding hydrogens is 167 g/mol. The summed E-state index contributed by atoms with van der Waals surface area (Å²) in [6.45, 7) is 0. The molecule has 4 heteroatoms. The maximum Gasteiger partial charge on any atom is 0.392 e. The standard InChI is InChI=1S/C8H12F3N/c9-8(10,11)6-3-7(12)5-1-4(6)2-5/h4-7H,1-3,12H2. The van der Waals surface area contributed by atoms with Gasteiger partial charge in [-0.05, 0) is 31.1 Å². The zero-order chi connectivity index (χ0) is 8.93. The number of fused-ring (bicyclic) bond motifs is 2. The molecule has 3 rings (SSSR count). The fraction of sp³-hybridized carbons (Fsp3) is 1.00. The number of rotatable bonds is 0. The van der Waals surface area contributed by atoms with E-state index in [9.17, 15) is 13.2 Å². The van der Waals surface area contributed by atoms with Crippen LogP contribution < -0.4 is 5.73 Å². The first-order valence-corrected chi connectivity index (χ1v) is 4.31. The van der Waals surface area contributed by atoms with Gasteiger partial charge >= 0.3 is 6.18 Å². The molecule has 3 saturated carbocycles. The summed E-state index contributed by atoms with van der Waals surface area (Å²) in [4.78, 5) is 0. The van der Waals surface area contributed by atoms with Crippen molar-refractivity contribution in [2.45, 2.75) is 31.5 Å². The van der Waals surface area contributed by atoms with Gasteiger partial charge in [0.2, 0.25) is 0 Å². The molecule has 1 nitrogen and oxygen atoms in total. The highest BCUT2D eigenvalue weighted by atomic mass is 19.4. The fourth-order valence-electron chi connectivity index (χ4n) is 2.47. The van der Waals surface area contributed by atoms with Crippen LogP contribution in [0.4, 0.5) is 13.2 Å². The minimum Gasteiger partial charge on any atom is -0.327 e. The Morgan fingerprint density at radius 1 is 1.00 bits per heavy atom. The van der Waals surface area contributed by atoms with Gasteiger partial charge in [-0.15, -0.1) is 0 Å². The molecule has 0 heterocycles. The van der Waals surface area contributed by atoms with Gasteiger partial charge in [0, 0.05) is 6.04 Å². The van der Waals surface area contributed by atoms with Gasteiger partial charge in [0.1, 0.15) is 0 Å². The van der Waals surface area contributed by atoms with Gasteiger partial charge in [-0.2, -0.15) is 13.2 Å². The second kappa shape index (κ2) is 2.37. The molecule has 70 valence electrons. The summed E-state index contributed by atoms with van der Waals surface area (Å²) in [6, 6.07) is -0.207. The summed E-state index contributed by atoms with van der Waals surface area (Å²) in [5, 5.41) is 0. The van der Waals surface area contributed by atoms with Crippen LogP contribution in [0.1, 0.15) is 19.3 Å². The third-order valence-electron chi connectivity index (χ3n) is 3.33. The molecule has 0 amide bonds. The Hall–Kier alpha value is -0.250. The lowest BCUT2D eigenvalue weighted by atomic mass is 9.58. The maximum absolute atomic E-state index is 12.3. The van der Waals surface area contributed by atoms with Gasteiger partial charge < -0.3 is 5.73 Å². The molecule has 0 radical (unpaired) electrons. The number of nitrogens with two attached hydrogens (primary N) is 1. The Kier molecular flexibility index (Phi) is 1.65. The van der Waals surface area contributed by atoms with Gasteiger partial charge in [-0.3, -0.25) is 0 Å².